The zero-order valence-corrected chi connectivity index (χ0v) is 17.5. The molecule has 1 fully saturated rings. The number of rotatable bonds is 6. The highest BCUT2D eigenvalue weighted by atomic mass is 35.5. The van der Waals surface area contributed by atoms with Crippen LogP contribution < -0.4 is 10.6 Å². The third kappa shape index (κ3) is 5.00. The smallest absolute Gasteiger partial charge is 0.191 e. The molecule has 0 atom stereocenters. The van der Waals surface area contributed by atoms with E-state index in [2.05, 4.69) is 39.7 Å². The molecule has 1 aliphatic rings. The summed E-state index contributed by atoms with van der Waals surface area (Å²) in [5.41, 5.74) is 1.13. The molecule has 1 saturated heterocycles. The summed E-state index contributed by atoms with van der Waals surface area (Å²) in [7, 11) is 1.79. The quantitative estimate of drug-likeness (QED) is 0.566. The summed E-state index contributed by atoms with van der Waals surface area (Å²) in [5.74, 6) is 0.779. The Morgan fingerprint density at radius 1 is 1.30 bits per heavy atom. The van der Waals surface area contributed by atoms with E-state index in [1.54, 1.807) is 18.4 Å². The molecule has 146 valence electrons. The first-order valence-corrected chi connectivity index (χ1v) is 10.6. The summed E-state index contributed by atoms with van der Waals surface area (Å²) in [6, 6.07) is 8.13. The Morgan fingerprint density at radius 3 is 2.74 bits per heavy atom. The molecule has 5 nitrogen and oxygen atoms in total. The van der Waals surface area contributed by atoms with E-state index >= 15 is 0 Å². The van der Waals surface area contributed by atoms with Gasteiger partial charge in [-0.3, -0.25) is 4.99 Å². The molecule has 1 aromatic carbocycles. The fraction of sp³-hybridized carbons (Fsp3) is 0.500. The molecule has 2 heterocycles. The summed E-state index contributed by atoms with van der Waals surface area (Å²) in [4.78, 5) is 10.1. The number of nitrogens with zero attached hydrogens (tertiary/aromatic N) is 2. The van der Waals surface area contributed by atoms with E-state index in [-0.39, 0.29) is 5.41 Å². The van der Waals surface area contributed by atoms with Crippen molar-refractivity contribution >= 4 is 28.9 Å². The van der Waals surface area contributed by atoms with Crippen LogP contribution in [0.5, 0.6) is 0 Å². The van der Waals surface area contributed by atoms with Gasteiger partial charge in [-0.05, 0) is 30.9 Å². The monoisotopic (exact) mass is 406 g/mol. The molecular formula is C20H27ClN4OS. The minimum absolute atomic E-state index is 0.0508. The standard InChI is InChI=1S/C20H27ClN4OS/c1-3-15-12-23-18(27-15)13-24-19(22-2)25-14-20(8-10-26-11-9-20)16-6-4-5-7-17(16)21/h4-7,12H,3,8-11,13-14H2,1-2H3,(H2,22,24,25). The van der Waals surface area contributed by atoms with Gasteiger partial charge in [0.05, 0.1) is 6.54 Å². The molecule has 0 radical (unpaired) electrons. The van der Waals surface area contributed by atoms with Crippen LogP contribution in [-0.4, -0.2) is 37.7 Å². The molecule has 27 heavy (non-hydrogen) atoms. The second-order valence-electron chi connectivity index (χ2n) is 6.73. The predicted octanol–water partition coefficient (Wildman–Crippen LogP) is 3.77. The van der Waals surface area contributed by atoms with Crippen molar-refractivity contribution in [2.45, 2.75) is 38.1 Å². The van der Waals surface area contributed by atoms with Gasteiger partial charge in [-0.2, -0.15) is 0 Å². The molecular weight excluding hydrogens is 380 g/mol. The van der Waals surface area contributed by atoms with Gasteiger partial charge < -0.3 is 15.4 Å². The van der Waals surface area contributed by atoms with Gasteiger partial charge in [0.15, 0.2) is 5.96 Å². The van der Waals surface area contributed by atoms with E-state index in [4.69, 9.17) is 16.3 Å². The third-order valence-corrected chi connectivity index (χ3v) is 6.54. The lowest BCUT2D eigenvalue weighted by atomic mass is 9.74. The van der Waals surface area contributed by atoms with Gasteiger partial charge in [0, 0.05) is 48.3 Å². The van der Waals surface area contributed by atoms with Crippen molar-refractivity contribution in [3.63, 3.8) is 0 Å². The van der Waals surface area contributed by atoms with Gasteiger partial charge in [0.2, 0.25) is 0 Å². The van der Waals surface area contributed by atoms with Crippen molar-refractivity contribution < 1.29 is 4.74 Å². The minimum Gasteiger partial charge on any atom is -0.381 e. The van der Waals surface area contributed by atoms with Gasteiger partial charge in [-0.15, -0.1) is 11.3 Å². The van der Waals surface area contributed by atoms with Crippen LogP contribution in [0.4, 0.5) is 0 Å². The number of halogens is 1. The van der Waals surface area contributed by atoms with Crippen LogP contribution in [0.1, 0.15) is 35.2 Å². The predicted molar refractivity (Wildman–Crippen MR) is 113 cm³/mol. The van der Waals surface area contributed by atoms with Crippen molar-refractivity contribution in [1.82, 2.24) is 15.6 Å². The lowest BCUT2D eigenvalue weighted by Gasteiger charge is -2.38. The molecule has 7 heteroatoms. The number of hydrogen-bond acceptors (Lipinski definition) is 4. The summed E-state index contributed by atoms with van der Waals surface area (Å²) in [5, 5.41) is 8.76. The Balaban J connectivity index is 1.66. The van der Waals surface area contributed by atoms with Crippen molar-refractivity contribution in [2.24, 2.45) is 4.99 Å². The van der Waals surface area contributed by atoms with E-state index in [1.165, 1.54) is 10.4 Å². The highest BCUT2D eigenvalue weighted by Crippen LogP contribution is 2.38. The van der Waals surface area contributed by atoms with Crippen molar-refractivity contribution in [2.75, 3.05) is 26.8 Å². The number of aromatic nitrogens is 1. The lowest BCUT2D eigenvalue weighted by molar-refractivity contribution is 0.0514. The number of hydrogen-bond donors (Lipinski definition) is 2. The van der Waals surface area contributed by atoms with E-state index in [0.717, 1.165) is 55.0 Å². The number of ether oxygens (including phenoxy) is 1. The first-order valence-electron chi connectivity index (χ1n) is 9.38. The topological polar surface area (TPSA) is 58.5 Å². The average Bonchev–Trinajstić information content (AvgIpc) is 3.17. The number of guanidine groups is 1. The van der Waals surface area contributed by atoms with Crippen LogP contribution in [0.3, 0.4) is 0 Å². The minimum atomic E-state index is -0.0508. The summed E-state index contributed by atoms with van der Waals surface area (Å²) in [6.07, 6.45) is 4.85. The Labute approximate surface area is 170 Å². The van der Waals surface area contributed by atoms with Crippen molar-refractivity contribution in [1.29, 1.82) is 0 Å². The fourth-order valence-corrected chi connectivity index (χ4v) is 4.56. The Kier molecular flexibility index (Phi) is 7.10. The second kappa shape index (κ2) is 9.53. The Hall–Kier alpha value is -1.63. The molecule has 2 aromatic rings. The maximum absolute atomic E-state index is 6.53. The molecule has 1 aliphatic heterocycles. The van der Waals surface area contributed by atoms with E-state index in [0.29, 0.717) is 6.54 Å². The van der Waals surface area contributed by atoms with E-state index in [1.807, 2.05) is 18.3 Å². The average molecular weight is 407 g/mol. The lowest BCUT2D eigenvalue weighted by Crippen LogP contribution is -2.48. The van der Waals surface area contributed by atoms with Gasteiger partial charge in [-0.25, -0.2) is 4.98 Å². The molecule has 3 rings (SSSR count). The number of aryl methyl sites for hydroxylation is 1. The van der Waals surface area contributed by atoms with Crippen LogP contribution in [0, 0.1) is 0 Å². The Bertz CT molecular complexity index is 771. The molecule has 0 spiro atoms. The summed E-state index contributed by atoms with van der Waals surface area (Å²) < 4.78 is 5.61. The van der Waals surface area contributed by atoms with Crippen LogP contribution in [0.25, 0.3) is 0 Å². The number of thiazole rings is 1. The SMILES string of the molecule is CCc1cnc(CNC(=NC)NCC2(c3ccccc3Cl)CCOCC2)s1. The molecule has 0 bridgehead atoms. The highest BCUT2D eigenvalue weighted by Gasteiger charge is 2.36. The first-order chi connectivity index (χ1) is 13.2. The van der Waals surface area contributed by atoms with Gasteiger partial charge in [-0.1, -0.05) is 36.7 Å². The van der Waals surface area contributed by atoms with E-state index < -0.39 is 0 Å². The highest BCUT2D eigenvalue weighted by molar-refractivity contribution is 7.11. The van der Waals surface area contributed by atoms with Crippen LogP contribution in [-0.2, 0) is 23.1 Å². The summed E-state index contributed by atoms with van der Waals surface area (Å²) in [6.45, 7) is 5.08. The zero-order chi connectivity index (χ0) is 19.1. The summed E-state index contributed by atoms with van der Waals surface area (Å²) >= 11 is 8.27. The number of benzene rings is 1. The van der Waals surface area contributed by atoms with Gasteiger partial charge in [0.25, 0.3) is 0 Å². The maximum atomic E-state index is 6.53. The molecule has 2 N–H and O–H groups in total. The second-order valence-corrected chi connectivity index (χ2v) is 8.33. The number of aliphatic imine (C=N–C) groups is 1. The van der Waals surface area contributed by atoms with Crippen LogP contribution >= 0.6 is 22.9 Å². The van der Waals surface area contributed by atoms with E-state index in [9.17, 15) is 0 Å². The first kappa shape index (κ1) is 20.1. The largest absolute Gasteiger partial charge is 0.381 e. The fourth-order valence-electron chi connectivity index (χ4n) is 3.42. The van der Waals surface area contributed by atoms with Crippen molar-refractivity contribution in [3.8, 4) is 0 Å². The third-order valence-electron chi connectivity index (χ3n) is 5.07. The normalized spacial score (nSPS) is 16.9. The van der Waals surface area contributed by atoms with Gasteiger partial charge in [0.1, 0.15) is 5.01 Å². The molecule has 0 amide bonds. The van der Waals surface area contributed by atoms with Crippen molar-refractivity contribution in [3.05, 3.63) is 50.9 Å². The number of nitrogens with one attached hydrogen (secondary N) is 2. The zero-order valence-electron chi connectivity index (χ0n) is 15.9. The molecule has 0 unspecified atom stereocenters. The van der Waals surface area contributed by atoms with Crippen LogP contribution in [0.15, 0.2) is 35.5 Å². The molecule has 1 aromatic heterocycles. The van der Waals surface area contributed by atoms with Crippen LogP contribution in [0.2, 0.25) is 5.02 Å². The molecule has 0 aliphatic carbocycles. The molecule has 0 saturated carbocycles. The Morgan fingerprint density at radius 2 is 2.07 bits per heavy atom. The van der Waals surface area contributed by atoms with Gasteiger partial charge >= 0.3 is 0 Å². The maximum Gasteiger partial charge on any atom is 0.191 e.